The van der Waals surface area contributed by atoms with E-state index in [9.17, 15) is 0 Å². The van der Waals surface area contributed by atoms with Crippen LogP contribution in [0, 0.1) is 0 Å². The van der Waals surface area contributed by atoms with Crippen LogP contribution in [0.2, 0.25) is 0 Å². The fraction of sp³-hybridized carbons (Fsp3) is 0.600. The van der Waals surface area contributed by atoms with Crippen molar-refractivity contribution in [2.75, 3.05) is 33.4 Å². The third-order valence-electron chi connectivity index (χ3n) is 2.64. The molecule has 0 aliphatic carbocycles. The van der Waals surface area contributed by atoms with Gasteiger partial charge in [0.15, 0.2) is 5.96 Å². The van der Waals surface area contributed by atoms with Crippen molar-refractivity contribution in [3.05, 3.63) is 23.9 Å². The van der Waals surface area contributed by atoms with E-state index in [-0.39, 0.29) is 0 Å². The molecule has 0 unspecified atom stereocenters. The zero-order valence-corrected chi connectivity index (χ0v) is 13.2. The molecule has 1 aromatic rings. The van der Waals surface area contributed by atoms with Gasteiger partial charge in [-0.1, -0.05) is 13.0 Å². The van der Waals surface area contributed by atoms with Crippen LogP contribution in [0.3, 0.4) is 0 Å². The summed E-state index contributed by atoms with van der Waals surface area (Å²) < 4.78 is 10.7. The molecule has 118 valence electrons. The normalized spacial score (nSPS) is 11.3. The van der Waals surface area contributed by atoms with Crippen LogP contribution in [0.15, 0.2) is 23.3 Å². The minimum Gasteiger partial charge on any atom is -0.477 e. The molecule has 0 spiro atoms. The van der Waals surface area contributed by atoms with E-state index < -0.39 is 0 Å². The molecule has 0 aromatic carbocycles. The van der Waals surface area contributed by atoms with Gasteiger partial charge in [-0.25, -0.2) is 9.98 Å². The number of guanidine groups is 1. The number of aliphatic imine (C=N–C) groups is 1. The molecule has 6 nitrogen and oxygen atoms in total. The Morgan fingerprint density at radius 1 is 1.29 bits per heavy atom. The van der Waals surface area contributed by atoms with Crippen LogP contribution in [0.5, 0.6) is 5.88 Å². The highest BCUT2D eigenvalue weighted by atomic mass is 16.5. The molecule has 0 aliphatic rings. The lowest BCUT2D eigenvalue weighted by atomic mass is 10.3. The second kappa shape index (κ2) is 10.9. The predicted octanol–water partition coefficient (Wildman–Crippen LogP) is 1.57. The van der Waals surface area contributed by atoms with E-state index in [1.165, 1.54) is 0 Å². The van der Waals surface area contributed by atoms with Gasteiger partial charge in [-0.3, -0.25) is 0 Å². The topological polar surface area (TPSA) is 67.8 Å². The van der Waals surface area contributed by atoms with Crippen molar-refractivity contribution in [2.24, 2.45) is 4.99 Å². The highest BCUT2D eigenvalue weighted by Gasteiger charge is 2.04. The first kappa shape index (κ1) is 17.2. The Labute approximate surface area is 127 Å². The highest BCUT2D eigenvalue weighted by molar-refractivity contribution is 5.79. The maximum atomic E-state index is 5.64. The van der Waals surface area contributed by atoms with Crippen LogP contribution >= 0.6 is 0 Å². The molecule has 1 rings (SSSR count). The molecule has 1 heterocycles. The Balaban J connectivity index is 2.65. The minimum atomic E-state index is 0.523. The van der Waals surface area contributed by atoms with Crippen molar-refractivity contribution in [3.8, 4) is 5.88 Å². The zero-order chi connectivity index (χ0) is 15.3. The lowest BCUT2D eigenvalue weighted by molar-refractivity contribution is 0.203. The lowest BCUT2D eigenvalue weighted by Gasteiger charge is -2.12. The van der Waals surface area contributed by atoms with Gasteiger partial charge in [-0.2, -0.15) is 0 Å². The van der Waals surface area contributed by atoms with Crippen molar-refractivity contribution in [1.29, 1.82) is 0 Å². The number of nitrogens with zero attached hydrogens (tertiary/aromatic N) is 2. The summed E-state index contributed by atoms with van der Waals surface area (Å²) in [6, 6.07) is 3.88. The number of hydrogen-bond donors (Lipinski definition) is 2. The Hall–Kier alpha value is -1.82. The number of methoxy groups -OCH3 is 1. The monoisotopic (exact) mass is 294 g/mol. The first-order valence-corrected chi connectivity index (χ1v) is 7.39. The van der Waals surface area contributed by atoms with Gasteiger partial charge >= 0.3 is 0 Å². The molecule has 2 N–H and O–H groups in total. The Bertz CT molecular complexity index is 424. The molecule has 0 saturated carbocycles. The van der Waals surface area contributed by atoms with Gasteiger partial charge in [0.1, 0.15) is 0 Å². The Morgan fingerprint density at radius 2 is 2.14 bits per heavy atom. The van der Waals surface area contributed by atoms with Gasteiger partial charge in [0.05, 0.1) is 19.8 Å². The Kier molecular flexibility index (Phi) is 8.95. The molecular weight excluding hydrogens is 268 g/mol. The second-order valence-electron chi connectivity index (χ2n) is 4.43. The summed E-state index contributed by atoms with van der Waals surface area (Å²) in [5.41, 5.74) is 0.981. The number of rotatable bonds is 9. The van der Waals surface area contributed by atoms with E-state index in [2.05, 4.69) is 27.5 Å². The summed E-state index contributed by atoms with van der Waals surface area (Å²) in [6.45, 7) is 7.47. The molecule has 0 amide bonds. The van der Waals surface area contributed by atoms with E-state index in [0.29, 0.717) is 32.2 Å². The maximum Gasteiger partial charge on any atom is 0.218 e. The quantitative estimate of drug-likeness (QED) is 0.411. The molecule has 6 heteroatoms. The second-order valence-corrected chi connectivity index (χ2v) is 4.43. The lowest BCUT2D eigenvalue weighted by Crippen LogP contribution is -2.38. The summed E-state index contributed by atoms with van der Waals surface area (Å²) in [6.07, 6.45) is 2.70. The van der Waals surface area contributed by atoms with Crippen LogP contribution in [0.1, 0.15) is 25.8 Å². The summed E-state index contributed by atoms with van der Waals surface area (Å²) in [7, 11) is 1.68. The molecule has 0 fully saturated rings. The van der Waals surface area contributed by atoms with E-state index >= 15 is 0 Å². The number of ether oxygens (including phenoxy) is 2. The van der Waals surface area contributed by atoms with Gasteiger partial charge in [0, 0.05) is 32.0 Å². The molecule has 0 aliphatic heterocycles. The Morgan fingerprint density at radius 3 is 2.86 bits per heavy atom. The number of hydrogen-bond acceptors (Lipinski definition) is 4. The van der Waals surface area contributed by atoms with Crippen molar-refractivity contribution >= 4 is 5.96 Å². The number of aromatic nitrogens is 1. The average molecular weight is 294 g/mol. The van der Waals surface area contributed by atoms with Crippen molar-refractivity contribution in [3.63, 3.8) is 0 Å². The minimum absolute atomic E-state index is 0.523. The van der Waals surface area contributed by atoms with Gasteiger partial charge in [0.2, 0.25) is 5.88 Å². The SMILES string of the molecule is CCCOc1ncccc1CN=C(NCC)NCCOC. The molecule has 21 heavy (non-hydrogen) atoms. The van der Waals surface area contributed by atoms with E-state index in [0.717, 1.165) is 24.5 Å². The predicted molar refractivity (Wildman–Crippen MR) is 84.7 cm³/mol. The summed E-state index contributed by atoms with van der Waals surface area (Å²) >= 11 is 0. The van der Waals surface area contributed by atoms with E-state index in [1.54, 1.807) is 13.3 Å². The largest absolute Gasteiger partial charge is 0.477 e. The van der Waals surface area contributed by atoms with Gasteiger partial charge < -0.3 is 20.1 Å². The molecule has 0 atom stereocenters. The van der Waals surface area contributed by atoms with Gasteiger partial charge in [-0.05, 0) is 19.4 Å². The fourth-order valence-corrected chi connectivity index (χ4v) is 1.65. The number of pyridine rings is 1. The van der Waals surface area contributed by atoms with Crippen LogP contribution < -0.4 is 15.4 Å². The van der Waals surface area contributed by atoms with E-state index in [4.69, 9.17) is 9.47 Å². The summed E-state index contributed by atoms with van der Waals surface area (Å²) in [4.78, 5) is 8.81. The van der Waals surface area contributed by atoms with Crippen LogP contribution in [-0.2, 0) is 11.3 Å². The van der Waals surface area contributed by atoms with Gasteiger partial charge in [0.25, 0.3) is 0 Å². The third-order valence-corrected chi connectivity index (χ3v) is 2.64. The molecular formula is C15H26N4O2. The van der Waals surface area contributed by atoms with E-state index in [1.807, 2.05) is 19.1 Å². The molecule has 0 radical (unpaired) electrons. The zero-order valence-electron chi connectivity index (χ0n) is 13.2. The van der Waals surface area contributed by atoms with Crippen LogP contribution in [-0.4, -0.2) is 44.4 Å². The van der Waals surface area contributed by atoms with Crippen molar-refractivity contribution in [2.45, 2.75) is 26.8 Å². The molecule has 0 saturated heterocycles. The third kappa shape index (κ3) is 6.94. The maximum absolute atomic E-state index is 5.64. The average Bonchev–Trinajstić information content (AvgIpc) is 2.51. The summed E-state index contributed by atoms with van der Waals surface area (Å²) in [5, 5.41) is 6.40. The number of nitrogens with one attached hydrogen (secondary N) is 2. The van der Waals surface area contributed by atoms with Crippen LogP contribution in [0.25, 0.3) is 0 Å². The molecule has 0 bridgehead atoms. The van der Waals surface area contributed by atoms with Crippen molar-refractivity contribution in [1.82, 2.24) is 15.6 Å². The fourth-order valence-electron chi connectivity index (χ4n) is 1.65. The standard InChI is InChI=1S/C15H26N4O2/c1-4-10-21-14-13(7-6-8-17-14)12-19-15(16-5-2)18-9-11-20-3/h6-8H,4-5,9-12H2,1-3H3,(H2,16,18,19). The van der Waals surface area contributed by atoms with Gasteiger partial charge in [-0.15, -0.1) is 0 Å². The van der Waals surface area contributed by atoms with Crippen LogP contribution in [0.4, 0.5) is 0 Å². The summed E-state index contributed by atoms with van der Waals surface area (Å²) in [5.74, 6) is 1.43. The first-order valence-electron chi connectivity index (χ1n) is 7.39. The molecule has 1 aromatic heterocycles. The first-order chi connectivity index (χ1) is 10.3. The highest BCUT2D eigenvalue weighted by Crippen LogP contribution is 2.15. The van der Waals surface area contributed by atoms with Crippen molar-refractivity contribution < 1.29 is 9.47 Å². The smallest absolute Gasteiger partial charge is 0.218 e.